The van der Waals surface area contributed by atoms with Crippen molar-refractivity contribution in [2.24, 2.45) is 11.5 Å². The van der Waals surface area contributed by atoms with Gasteiger partial charge in [-0.3, -0.25) is 0 Å². The highest BCUT2D eigenvalue weighted by atomic mass is 16.2. The average molecular weight is 141 g/mol. The molecule has 0 radical (unpaired) electrons. The molecule has 5 N–H and O–H groups in total. The third-order valence-corrected chi connectivity index (χ3v) is 0.697. The van der Waals surface area contributed by atoms with Gasteiger partial charge in [-0.1, -0.05) is 12.2 Å². The minimum atomic E-state index is -0.833. The van der Waals surface area contributed by atoms with E-state index in [0.717, 1.165) is 6.54 Å². The summed E-state index contributed by atoms with van der Waals surface area (Å²) in [6.45, 7) is 0.983. The van der Waals surface area contributed by atoms with Gasteiger partial charge in [0.1, 0.15) is 0 Å². The lowest BCUT2D eigenvalue weighted by Gasteiger charge is -1.94. The summed E-state index contributed by atoms with van der Waals surface area (Å²) >= 11 is 0. The van der Waals surface area contributed by atoms with Gasteiger partial charge in [0.2, 0.25) is 0 Å². The standard InChI is InChI=1S/C5H7N.CH4N2O/c1-2-4-6-5-3-1;2-1(3)4/h1-4,6H,5H2;(H4,2,3,4). The summed E-state index contributed by atoms with van der Waals surface area (Å²) in [5.41, 5.74) is 8.50. The fourth-order valence-corrected chi connectivity index (χ4v) is 0.406. The summed E-state index contributed by atoms with van der Waals surface area (Å²) < 4.78 is 0. The summed E-state index contributed by atoms with van der Waals surface area (Å²) in [7, 11) is 0. The molecule has 0 aromatic carbocycles. The van der Waals surface area contributed by atoms with Gasteiger partial charge in [0, 0.05) is 6.54 Å². The summed E-state index contributed by atoms with van der Waals surface area (Å²) in [4.78, 5) is 9.00. The first kappa shape index (κ1) is 8.55. The van der Waals surface area contributed by atoms with Crippen LogP contribution in [0.15, 0.2) is 24.4 Å². The number of carbonyl (C=O) groups excluding carboxylic acids is 1. The van der Waals surface area contributed by atoms with Crippen LogP contribution in [0.2, 0.25) is 0 Å². The number of rotatable bonds is 0. The smallest absolute Gasteiger partial charge is 0.309 e. The molecule has 56 valence electrons. The van der Waals surface area contributed by atoms with Crippen LogP contribution in [0.5, 0.6) is 0 Å². The molecule has 10 heavy (non-hydrogen) atoms. The molecule has 0 unspecified atom stereocenters. The Morgan fingerprint density at radius 1 is 1.40 bits per heavy atom. The molecular formula is C6H11N3O. The number of carbonyl (C=O) groups is 1. The van der Waals surface area contributed by atoms with E-state index in [1.807, 2.05) is 18.4 Å². The first-order valence-electron chi connectivity index (χ1n) is 2.83. The normalized spacial score (nSPS) is 12.8. The highest BCUT2D eigenvalue weighted by Crippen LogP contribution is 1.78. The van der Waals surface area contributed by atoms with Gasteiger partial charge in [-0.25, -0.2) is 4.79 Å². The predicted molar refractivity (Wildman–Crippen MR) is 40.1 cm³/mol. The molecule has 0 saturated carbocycles. The first-order chi connectivity index (χ1) is 4.73. The number of allylic oxidation sites excluding steroid dienone is 2. The van der Waals surface area contributed by atoms with Gasteiger partial charge in [0.05, 0.1) is 0 Å². The van der Waals surface area contributed by atoms with E-state index in [4.69, 9.17) is 4.79 Å². The van der Waals surface area contributed by atoms with Crippen molar-refractivity contribution in [2.75, 3.05) is 6.54 Å². The molecule has 1 heterocycles. The van der Waals surface area contributed by atoms with Crippen molar-refractivity contribution in [3.05, 3.63) is 24.4 Å². The van der Waals surface area contributed by atoms with Crippen molar-refractivity contribution in [3.8, 4) is 0 Å². The van der Waals surface area contributed by atoms with Crippen LogP contribution in [0.1, 0.15) is 0 Å². The SMILES string of the molecule is C1=CCNC=C1.NC(N)=O. The van der Waals surface area contributed by atoms with Gasteiger partial charge >= 0.3 is 6.03 Å². The lowest BCUT2D eigenvalue weighted by atomic mass is 10.4. The molecule has 0 saturated heterocycles. The molecule has 0 aliphatic carbocycles. The molecular weight excluding hydrogens is 130 g/mol. The molecule has 0 bridgehead atoms. The van der Waals surface area contributed by atoms with E-state index in [2.05, 4.69) is 22.9 Å². The van der Waals surface area contributed by atoms with E-state index >= 15 is 0 Å². The summed E-state index contributed by atoms with van der Waals surface area (Å²) in [6, 6.07) is -0.833. The van der Waals surface area contributed by atoms with Crippen molar-refractivity contribution < 1.29 is 4.79 Å². The number of hydrogen-bond acceptors (Lipinski definition) is 2. The first-order valence-corrected chi connectivity index (χ1v) is 2.83. The minimum absolute atomic E-state index is 0.833. The van der Waals surface area contributed by atoms with Crippen molar-refractivity contribution >= 4 is 6.03 Å². The second-order valence-electron chi connectivity index (χ2n) is 1.60. The van der Waals surface area contributed by atoms with Gasteiger partial charge in [-0.05, 0) is 12.3 Å². The second-order valence-corrected chi connectivity index (χ2v) is 1.60. The van der Waals surface area contributed by atoms with Crippen LogP contribution in [-0.2, 0) is 0 Å². The van der Waals surface area contributed by atoms with Crippen molar-refractivity contribution in [1.29, 1.82) is 0 Å². The fourth-order valence-electron chi connectivity index (χ4n) is 0.406. The van der Waals surface area contributed by atoms with Crippen molar-refractivity contribution in [3.63, 3.8) is 0 Å². The lowest BCUT2D eigenvalue weighted by molar-refractivity contribution is 0.256. The van der Waals surface area contributed by atoms with Gasteiger partial charge in [0.25, 0.3) is 0 Å². The van der Waals surface area contributed by atoms with Crippen molar-refractivity contribution in [2.45, 2.75) is 0 Å². The van der Waals surface area contributed by atoms with Gasteiger partial charge in [0.15, 0.2) is 0 Å². The van der Waals surface area contributed by atoms with E-state index in [1.165, 1.54) is 0 Å². The van der Waals surface area contributed by atoms with Crippen LogP contribution in [0.3, 0.4) is 0 Å². The van der Waals surface area contributed by atoms with E-state index in [9.17, 15) is 0 Å². The third-order valence-electron chi connectivity index (χ3n) is 0.697. The Hall–Kier alpha value is -1.45. The Bertz CT molecular complexity index is 135. The summed E-state index contributed by atoms with van der Waals surface area (Å²) in [5, 5.41) is 3.02. The fraction of sp³-hybridized carbons (Fsp3) is 0.167. The Morgan fingerprint density at radius 2 is 2.00 bits per heavy atom. The number of nitrogens with two attached hydrogens (primary N) is 2. The number of dihydropyridines is 1. The van der Waals surface area contributed by atoms with Crippen LogP contribution < -0.4 is 16.8 Å². The largest absolute Gasteiger partial charge is 0.387 e. The Kier molecular flexibility index (Phi) is 4.86. The highest BCUT2D eigenvalue weighted by Gasteiger charge is 1.73. The molecule has 2 amide bonds. The zero-order valence-corrected chi connectivity index (χ0v) is 5.58. The molecule has 4 heteroatoms. The molecule has 4 nitrogen and oxygen atoms in total. The Balaban J connectivity index is 0.000000180. The van der Waals surface area contributed by atoms with E-state index in [-0.39, 0.29) is 0 Å². The summed E-state index contributed by atoms with van der Waals surface area (Å²) in [6.07, 6.45) is 8.00. The zero-order chi connectivity index (χ0) is 7.82. The number of amides is 2. The van der Waals surface area contributed by atoms with E-state index in [0.29, 0.717) is 0 Å². The predicted octanol–water partition coefficient (Wildman–Crippen LogP) is -0.317. The Morgan fingerprint density at radius 3 is 2.10 bits per heavy atom. The maximum Gasteiger partial charge on any atom is 0.309 e. The maximum absolute atomic E-state index is 9.00. The topological polar surface area (TPSA) is 81.1 Å². The van der Waals surface area contributed by atoms with Gasteiger partial charge in [-0.15, -0.1) is 0 Å². The third kappa shape index (κ3) is 9.75. The monoisotopic (exact) mass is 141 g/mol. The maximum atomic E-state index is 9.00. The molecule has 0 aromatic rings. The molecule has 0 spiro atoms. The number of primary amides is 2. The molecule has 0 aromatic heterocycles. The second kappa shape index (κ2) is 5.68. The van der Waals surface area contributed by atoms with E-state index < -0.39 is 6.03 Å². The zero-order valence-electron chi connectivity index (χ0n) is 5.58. The Labute approximate surface area is 59.6 Å². The number of urea groups is 1. The van der Waals surface area contributed by atoms with Crippen LogP contribution >= 0.6 is 0 Å². The molecule has 0 fully saturated rings. The minimum Gasteiger partial charge on any atom is -0.387 e. The molecule has 1 aliphatic heterocycles. The number of hydrogen-bond donors (Lipinski definition) is 3. The summed E-state index contributed by atoms with van der Waals surface area (Å²) in [5.74, 6) is 0. The van der Waals surface area contributed by atoms with Crippen LogP contribution in [0.25, 0.3) is 0 Å². The van der Waals surface area contributed by atoms with Gasteiger partial charge in [-0.2, -0.15) is 0 Å². The quantitative estimate of drug-likeness (QED) is 0.432. The molecule has 0 atom stereocenters. The highest BCUT2D eigenvalue weighted by molar-refractivity contribution is 5.69. The van der Waals surface area contributed by atoms with Crippen molar-refractivity contribution in [1.82, 2.24) is 5.32 Å². The molecule has 1 aliphatic rings. The van der Waals surface area contributed by atoms with Crippen LogP contribution in [0.4, 0.5) is 4.79 Å². The van der Waals surface area contributed by atoms with Crippen LogP contribution in [-0.4, -0.2) is 12.6 Å². The average Bonchev–Trinajstić information content (AvgIpc) is 1.90. The van der Waals surface area contributed by atoms with Crippen LogP contribution in [0, 0.1) is 0 Å². The number of nitrogens with one attached hydrogen (secondary N) is 1. The van der Waals surface area contributed by atoms with Gasteiger partial charge < -0.3 is 16.8 Å². The molecule has 1 rings (SSSR count). The van der Waals surface area contributed by atoms with E-state index in [1.54, 1.807) is 0 Å². The lowest BCUT2D eigenvalue weighted by Crippen LogP contribution is -2.18.